The van der Waals surface area contributed by atoms with Crippen LogP contribution in [0.5, 0.6) is 0 Å². The molecular weight excluding hydrogens is 262 g/mol. The molecular formula is C18H19NS. The molecule has 0 unspecified atom stereocenters. The molecule has 20 heavy (non-hydrogen) atoms. The zero-order chi connectivity index (χ0) is 14.2. The van der Waals surface area contributed by atoms with E-state index in [9.17, 15) is 0 Å². The summed E-state index contributed by atoms with van der Waals surface area (Å²) < 4.78 is 0. The second-order valence-electron chi connectivity index (χ2n) is 4.33. The largest absolute Gasteiger partial charge is 0.288 e. The molecule has 2 heteroatoms. The monoisotopic (exact) mass is 281 g/mol. The van der Waals surface area contributed by atoms with Crippen molar-refractivity contribution in [1.29, 1.82) is 0 Å². The van der Waals surface area contributed by atoms with Crippen LogP contribution in [0, 0.1) is 0 Å². The van der Waals surface area contributed by atoms with E-state index in [-0.39, 0.29) is 0 Å². The van der Waals surface area contributed by atoms with Gasteiger partial charge in [0.2, 0.25) is 0 Å². The van der Waals surface area contributed by atoms with Gasteiger partial charge in [-0.3, -0.25) is 4.99 Å². The van der Waals surface area contributed by atoms with Crippen molar-refractivity contribution in [3.05, 3.63) is 72.3 Å². The van der Waals surface area contributed by atoms with E-state index in [1.165, 1.54) is 15.4 Å². The van der Waals surface area contributed by atoms with Gasteiger partial charge in [-0.25, -0.2) is 0 Å². The highest BCUT2D eigenvalue weighted by molar-refractivity contribution is 7.99. The molecule has 2 aromatic rings. The van der Waals surface area contributed by atoms with Crippen molar-refractivity contribution in [2.45, 2.75) is 23.1 Å². The molecule has 0 saturated carbocycles. The van der Waals surface area contributed by atoms with Crippen molar-refractivity contribution in [3.8, 4) is 0 Å². The average molecular weight is 281 g/mol. The lowest BCUT2D eigenvalue weighted by Gasteiger charge is -2.09. The van der Waals surface area contributed by atoms with E-state index >= 15 is 0 Å². The maximum Gasteiger partial charge on any atom is 0.0651 e. The van der Waals surface area contributed by atoms with Gasteiger partial charge in [0.05, 0.1) is 5.71 Å². The highest BCUT2D eigenvalue weighted by Gasteiger charge is 2.07. The lowest BCUT2D eigenvalue weighted by Crippen LogP contribution is -1.98. The minimum atomic E-state index is 1.02. The molecule has 0 N–H and O–H groups in total. The molecule has 0 heterocycles. The Hall–Kier alpha value is -1.80. The van der Waals surface area contributed by atoms with Gasteiger partial charge in [0.1, 0.15) is 0 Å². The SMILES string of the molecule is CC/C=C\C(=NC)c1ccccc1Sc1ccccc1. The first-order valence-electron chi connectivity index (χ1n) is 6.80. The van der Waals surface area contributed by atoms with Gasteiger partial charge in [0.25, 0.3) is 0 Å². The first-order valence-corrected chi connectivity index (χ1v) is 7.62. The van der Waals surface area contributed by atoms with Crippen LogP contribution in [0.15, 0.2) is 81.5 Å². The van der Waals surface area contributed by atoms with E-state index < -0.39 is 0 Å². The molecule has 102 valence electrons. The Morgan fingerprint density at radius 1 is 1.05 bits per heavy atom. The van der Waals surface area contributed by atoms with E-state index in [4.69, 9.17) is 0 Å². The maximum absolute atomic E-state index is 4.41. The van der Waals surface area contributed by atoms with Crippen LogP contribution in [0.1, 0.15) is 18.9 Å². The topological polar surface area (TPSA) is 12.4 Å². The average Bonchev–Trinajstić information content (AvgIpc) is 2.50. The third-order valence-corrected chi connectivity index (χ3v) is 3.97. The number of nitrogens with zero attached hydrogens (tertiary/aromatic N) is 1. The summed E-state index contributed by atoms with van der Waals surface area (Å²) in [4.78, 5) is 6.90. The molecule has 0 amide bonds. The van der Waals surface area contributed by atoms with Gasteiger partial charge in [-0.15, -0.1) is 0 Å². The minimum absolute atomic E-state index is 1.02. The van der Waals surface area contributed by atoms with Gasteiger partial charge >= 0.3 is 0 Å². The molecule has 0 aliphatic carbocycles. The first-order chi connectivity index (χ1) is 9.85. The summed E-state index contributed by atoms with van der Waals surface area (Å²) in [5.74, 6) is 0. The third kappa shape index (κ3) is 3.84. The van der Waals surface area contributed by atoms with E-state index in [0.29, 0.717) is 0 Å². The normalized spacial score (nSPS) is 12.0. The van der Waals surface area contributed by atoms with Crippen LogP contribution in [-0.2, 0) is 0 Å². The standard InChI is InChI=1S/C18H19NS/c1-3-4-13-17(19-2)16-12-8-9-14-18(16)20-15-10-6-5-7-11-15/h4-14H,3H2,1-2H3/b13-4-,19-17?. The van der Waals surface area contributed by atoms with Gasteiger partial charge in [-0.2, -0.15) is 0 Å². The smallest absolute Gasteiger partial charge is 0.0651 e. The number of hydrogen-bond acceptors (Lipinski definition) is 2. The molecule has 0 aromatic heterocycles. The van der Waals surface area contributed by atoms with Crippen LogP contribution < -0.4 is 0 Å². The van der Waals surface area contributed by atoms with E-state index in [0.717, 1.165) is 12.1 Å². The molecule has 0 spiro atoms. The number of benzene rings is 2. The van der Waals surface area contributed by atoms with Gasteiger partial charge < -0.3 is 0 Å². The summed E-state index contributed by atoms with van der Waals surface area (Å²) in [7, 11) is 1.85. The zero-order valence-corrected chi connectivity index (χ0v) is 12.7. The minimum Gasteiger partial charge on any atom is -0.288 e. The zero-order valence-electron chi connectivity index (χ0n) is 11.9. The van der Waals surface area contributed by atoms with Crippen molar-refractivity contribution in [1.82, 2.24) is 0 Å². The number of aliphatic imine (C=N–C) groups is 1. The predicted molar refractivity (Wildman–Crippen MR) is 88.9 cm³/mol. The van der Waals surface area contributed by atoms with Gasteiger partial charge in [-0.1, -0.05) is 61.2 Å². The van der Waals surface area contributed by atoms with Gasteiger partial charge in [0.15, 0.2) is 0 Å². The molecule has 0 radical (unpaired) electrons. The molecule has 0 saturated heterocycles. The van der Waals surface area contributed by atoms with Gasteiger partial charge in [-0.05, 0) is 30.7 Å². The summed E-state index contributed by atoms with van der Waals surface area (Å²) >= 11 is 1.78. The summed E-state index contributed by atoms with van der Waals surface area (Å²) in [6.07, 6.45) is 5.27. The molecule has 1 nitrogen and oxygen atoms in total. The second-order valence-corrected chi connectivity index (χ2v) is 5.45. The van der Waals surface area contributed by atoms with Crippen molar-refractivity contribution in [3.63, 3.8) is 0 Å². The molecule has 0 atom stereocenters. The van der Waals surface area contributed by atoms with Crippen LogP contribution in [0.2, 0.25) is 0 Å². The third-order valence-electron chi connectivity index (χ3n) is 2.89. The fraction of sp³-hybridized carbons (Fsp3) is 0.167. The van der Waals surface area contributed by atoms with Gasteiger partial charge in [0, 0.05) is 22.4 Å². The summed E-state index contributed by atoms with van der Waals surface area (Å²) in [6, 6.07) is 18.9. The molecule has 0 bridgehead atoms. The first kappa shape index (κ1) is 14.6. The Bertz CT molecular complexity index is 600. The van der Waals surface area contributed by atoms with Crippen LogP contribution in [0.4, 0.5) is 0 Å². The lowest BCUT2D eigenvalue weighted by molar-refractivity contribution is 1.22. The summed E-state index contributed by atoms with van der Waals surface area (Å²) in [5, 5.41) is 0. The van der Waals surface area contributed by atoms with E-state index in [1.807, 2.05) is 13.1 Å². The molecule has 2 rings (SSSR count). The van der Waals surface area contributed by atoms with E-state index in [1.54, 1.807) is 11.8 Å². The van der Waals surface area contributed by atoms with Crippen molar-refractivity contribution < 1.29 is 0 Å². The Balaban J connectivity index is 2.33. The number of allylic oxidation sites excluding steroid dienone is 2. The van der Waals surface area contributed by atoms with E-state index in [2.05, 4.69) is 72.6 Å². The van der Waals surface area contributed by atoms with Crippen LogP contribution >= 0.6 is 11.8 Å². The maximum atomic E-state index is 4.41. The molecule has 2 aromatic carbocycles. The quantitative estimate of drug-likeness (QED) is 0.684. The Morgan fingerprint density at radius 2 is 1.75 bits per heavy atom. The molecule has 0 aliphatic rings. The highest BCUT2D eigenvalue weighted by atomic mass is 32.2. The number of rotatable bonds is 5. The predicted octanol–water partition coefficient (Wildman–Crippen LogP) is 5.22. The van der Waals surface area contributed by atoms with Crippen molar-refractivity contribution in [2.75, 3.05) is 7.05 Å². The Morgan fingerprint density at radius 3 is 2.45 bits per heavy atom. The number of hydrogen-bond donors (Lipinski definition) is 0. The molecule has 0 aliphatic heterocycles. The van der Waals surface area contributed by atoms with Crippen LogP contribution in [-0.4, -0.2) is 12.8 Å². The fourth-order valence-corrected chi connectivity index (χ4v) is 2.87. The van der Waals surface area contributed by atoms with Crippen molar-refractivity contribution >= 4 is 17.5 Å². The fourth-order valence-electron chi connectivity index (χ4n) is 1.90. The Labute approximate surface area is 125 Å². The van der Waals surface area contributed by atoms with Crippen molar-refractivity contribution in [2.24, 2.45) is 4.99 Å². The van der Waals surface area contributed by atoms with Crippen LogP contribution in [0.25, 0.3) is 0 Å². The van der Waals surface area contributed by atoms with Crippen LogP contribution in [0.3, 0.4) is 0 Å². The highest BCUT2D eigenvalue weighted by Crippen LogP contribution is 2.30. The summed E-state index contributed by atoms with van der Waals surface area (Å²) in [6.45, 7) is 2.13. The second kappa shape index (κ2) is 7.71. The summed E-state index contributed by atoms with van der Waals surface area (Å²) in [5.41, 5.74) is 2.22. The molecule has 0 fully saturated rings. The Kier molecular flexibility index (Phi) is 5.63. The lowest BCUT2D eigenvalue weighted by atomic mass is 10.1.